The fourth-order valence-electron chi connectivity index (χ4n) is 2.95. The fourth-order valence-corrected chi connectivity index (χ4v) is 2.95. The molecule has 0 fully saturated rings. The second kappa shape index (κ2) is 5.00. The van der Waals surface area contributed by atoms with Gasteiger partial charge in [0.1, 0.15) is 5.76 Å². The number of allylic oxidation sites excluding steroid dienone is 2. The highest BCUT2D eigenvalue weighted by Crippen LogP contribution is 2.37. The van der Waals surface area contributed by atoms with E-state index in [1.165, 1.54) is 6.21 Å². The summed E-state index contributed by atoms with van der Waals surface area (Å²) >= 11 is 0. The van der Waals surface area contributed by atoms with Crippen LogP contribution in [0, 0.1) is 32.1 Å². The number of hydrogen-bond acceptors (Lipinski definition) is 3. The first-order chi connectivity index (χ1) is 8.95. The van der Waals surface area contributed by atoms with Crippen molar-refractivity contribution >= 4 is 17.6 Å². The molecule has 0 heterocycles. The maximum Gasteiger partial charge on any atom is 0.170 e. The molecule has 1 atom stereocenters. The maximum absolute atomic E-state index is 12.4. The average Bonchev–Trinajstić information content (AvgIpc) is 2.56. The topological polar surface area (TPSA) is 61.1 Å². The van der Waals surface area contributed by atoms with E-state index in [1.54, 1.807) is 0 Å². The molecule has 0 amide bonds. The quantitative estimate of drug-likeness (QED) is 0.814. The van der Waals surface area contributed by atoms with Crippen LogP contribution < -0.4 is 0 Å². The number of Topliss-reactive ketones (excluding diaryl/α,β-unsaturated/α-hetero) is 1. The first-order valence-electron chi connectivity index (χ1n) is 6.49. The van der Waals surface area contributed by atoms with Crippen LogP contribution in [0.4, 0.5) is 0 Å². The number of carbonyl (C=O) groups excluding carboxylic acids is 1. The van der Waals surface area contributed by atoms with E-state index in [2.05, 4.69) is 0 Å². The number of benzene rings is 1. The number of rotatable bonds is 3. The van der Waals surface area contributed by atoms with Gasteiger partial charge in [0.2, 0.25) is 0 Å². The molecular formula is C16H19NO2. The standard InChI is InChI=1S/C16H19NO2/c1-9-6-10(2)14(11(3)7-9)15-13(18)8-12(4-5-17)16(15)19/h5-7,12,17-18H,4,8H2,1-3H3. The molecule has 1 aliphatic carbocycles. The molecule has 0 bridgehead atoms. The van der Waals surface area contributed by atoms with E-state index in [0.717, 1.165) is 22.3 Å². The Balaban J connectivity index is 2.51. The van der Waals surface area contributed by atoms with Gasteiger partial charge in [-0.3, -0.25) is 4.79 Å². The Hall–Kier alpha value is -1.90. The molecule has 3 heteroatoms. The Kier molecular flexibility index (Phi) is 3.56. The zero-order valence-electron chi connectivity index (χ0n) is 11.6. The number of aliphatic hydroxyl groups excluding tert-OH is 1. The zero-order valence-corrected chi connectivity index (χ0v) is 11.6. The van der Waals surface area contributed by atoms with Gasteiger partial charge in [-0.05, 0) is 50.1 Å². The highest BCUT2D eigenvalue weighted by Gasteiger charge is 2.34. The summed E-state index contributed by atoms with van der Waals surface area (Å²) < 4.78 is 0. The number of hydrogen-bond donors (Lipinski definition) is 2. The van der Waals surface area contributed by atoms with Gasteiger partial charge in [-0.25, -0.2) is 0 Å². The van der Waals surface area contributed by atoms with Crippen LogP contribution >= 0.6 is 0 Å². The Morgan fingerprint density at radius 1 is 1.32 bits per heavy atom. The summed E-state index contributed by atoms with van der Waals surface area (Å²) in [6.07, 6.45) is 2.00. The molecule has 2 N–H and O–H groups in total. The number of nitrogens with one attached hydrogen (secondary N) is 1. The van der Waals surface area contributed by atoms with Crippen molar-refractivity contribution in [2.75, 3.05) is 0 Å². The Morgan fingerprint density at radius 2 is 1.89 bits per heavy atom. The van der Waals surface area contributed by atoms with Crippen molar-refractivity contribution in [3.8, 4) is 0 Å². The third-order valence-electron chi connectivity index (χ3n) is 3.67. The first kappa shape index (κ1) is 13.5. The van der Waals surface area contributed by atoms with Crippen molar-refractivity contribution in [1.82, 2.24) is 0 Å². The van der Waals surface area contributed by atoms with Crippen LogP contribution in [0.15, 0.2) is 17.9 Å². The van der Waals surface area contributed by atoms with E-state index in [4.69, 9.17) is 5.41 Å². The minimum absolute atomic E-state index is 0.0314. The van der Waals surface area contributed by atoms with Crippen LogP contribution in [0.3, 0.4) is 0 Å². The molecule has 1 aromatic carbocycles. The Bertz CT molecular complexity index is 561. The summed E-state index contributed by atoms with van der Waals surface area (Å²) in [5.74, 6) is -0.129. The summed E-state index contributed by atoms with van der Waals surface area (Å²) in [6, 6.07) is 4.06. The largest absolute Gasteiger partial charge is 0.512 e. The van der Waals surface area contributed by atoms with Gasteiger partial charge in [0.15, 0.2) is 5.78 Å². The van der Waals surface area contributed by atoms with Gasteiger partial charge in [0.25, 0.3) is 0 Å². The summed E-state index contributed by atoms with van der Waals surface area (Å²) in [5.41, 5.74) is 4.51. The van der Waals surface area contributed by atoms with Gasteiger partial charge in [0, 0.05) is 12.3 Å². The summed E-state index contributed by atoms with van der Waals surface area (Å²) in [5, 5.41) is 17.2. The Labute approximate surface area is 113 Å². The van der Waals surface area contributed by atoms with E-state index >= 15 is 0 Å². The van der Waals surface area contributed by atoms with Gasteiger partial charge in [-0.1, -0.05) is 17.7 Å². The number of carbonyl (C=O) groups is 1. The van der Waals surface area contributed by atoms with Gasteiger partial charge >= 0.3 is 0 Å². The predicted octanol–water partition coefficient (Wildman–Crippen LogP) is 3.51. The van der Waals surface area contributed by atoms with E-state index in [1.807, 2.05) is 32.9 Å². The smallest absolute Gasteiger partial charge is 0.170 e. The lowest BCUT2D eigenvalue weighted by atomic mass is 9.90. The van der Waals surface area contributed by atoms with Crippen molar-refractivity contribution < 1.29 is 9.90 Å². The van der Waals surface area contributed by atoms with E-state index in [9.17, 15) is 9.90 Å². The molecule has 0 saturated heterocycles. The van der Waals surface area contributed by atoms with Crippen molar-refractivity contribution in [2.24, 2.45) is 5.92 Å². The van der Waals surface area contributed by atoms with Gasteiger partial charge < -0.3 is 10.5 Å². The molecule has 100 valence electrons. The molecule has 19 heavy (non-hydrogen) atoms. The van der Waals surface area contributed by atoms with Crippen molar-refractivity contribution in [3.05, 3.63) is 40.1 Å². The molecule has 0 spiro atoms. The molecule has 0 saturated carbocycles. The highest BCUT2D eigenvalue weighted by atomic mass is 16.3. The van der Waals surface area contributed by atoms with Crippen LogP contribution in [0.1, 0.15) is 35.1 Å². The van der Waals surface area contributed by atoms with Gasteiger partial charge in [0.05, 0.1) is 5.57 Å². The van der Waals surface area contributed by atoms with Crippen LogP contribution in [0.25, 0.3) is 5.57 Å². The zero-order chi connectivity index (χ0) is 14.2. The van der Waals surface area contributed by atoms with Gasteiger partial charge in [-0.2, -0.15) is 0 Å². The minimum Gasteiger partial charge on any atom is -0.512 e. The molecule has 0 radical (unpaired) electrons. The third-order valence-corrected chi connectivity index (χ3v) is 3.67. The molecule has 0 aromatic heterocycles. The van der Waals surface area contributed by atoms with E-state index in [-0.39, 0.29) is 17.5 Å². The minimum atomic E-state index is -0.271. The SMILES string of the molecule is Cc1cc(C)c(C2=C(O)CC(CC=N)C2=O)c(C)c1. The summed E-state index contributed by atoms with van der Waals surface area (Å²) in [7, 11) is 0. The van der Waals surface area contributed by atoms with E-state index < -0.39 is 0 Å². The van der Waals surface area contributed by atoms with Crippen molar-refractivity contribution in [1.29, 1.82) is 5.41 Å². The normalized spacial score (nSPS) is 19.1. The van der Waals surface area contributed by atoms with Crippen LogP contribution in [0.2, 0.25) is 0 Å². The lowest BCUT2D eigenvalue weighted by Gasteiger charge is -2.13. The van der Waals surface area contributed by atoms with Crippen LogP contribution in [0.5, 0.6) is 0 Å². The highest BCUT2D eigenvalue weighted by molar-refractivity contribution is 6.25. The van der Waals surface area contributed by atoms with Gasteiger partial charge in [-0.15, -0.1) is 0 Å². The maximum atomic E-state index is 12.4. The van der Waals surface area contributed by atoms with Crippen molar-refractivity contribution in [3.63, 3.8) is 0 Å². The third kappa shape index (κ3) is 2.33. The van der Waals surface area contributed by atoms with Crippen LogP contribution in [-0.4, -0.2) is 17.1 Å². The predicted molar refractivity (Wildman–Crippen MR) is 76.7 cm³/mol. The van der Waals surface area contributed by atoms with Crippen molar-refractivity contribution in [2.45, 2.75) is 33.6 Å². The molecule has 1 aromatic rings. The molecule has 0 aliphatic heterocycles. The lowest BCUT2D eigenvalue weighted by Crippen LogP contribution is -2.11. The first-order valence-corrected chi connectivity index (χ1v) is 6.49. The molecular weight excluding hydrogens is 238 g/mol. The number of aliphatic hydroxyl groups is 1. The summed E-state index contributed by atoms with van der Waals surface area (Å²) in [6.45, 7) is 5.95. The second-order valence-electron chi connectivity index (χ2n) is 5.30. The average molecular weight is 257 g/mol. The molecule has 1 aliphatic rings. The number of ketones is 1. The fraction of sp³-hybridized carbons (Fsp3) is 0.375. The second-order valence-corrected chi connectivity index (χ2v) is 5.30. The molecule has 3 nitrogen and oxygen atoms in total. The molecule has 1 unspecified atom stereocenters. The van der Waals surface area contributed by atoms with Crippen LogP contribution in [-0.2, 0) is 4.79 Å². The molecule has 2 rings (SSSR count). The number of aryl methyl sites for hydroxylation is 3. The summed E-state index contributed by atoms with van der Waals surface area (Å²) in [4.78, 5) is 12.4. The van der Waals surface area contributed by atoms with E-state index in [0.29, 0.717) is 18.4 Å². The lowest BCUT2D eigenvalue weighted by molar-refractivity contribution is -0.116. The Morgan fingerprint density at radius 3 is 2.42 bits per heavy atom. The monoisotopic (exact) mass is 257 g/mol.